The van der Waals surface area contributed by atoms with Crippen LogP contribution in [0.15, 0.2) is 35.2 Å². The van der Waals surface area contributed by atoms with Gasteiger partial charge in [-0.05, 0) is 60.8 Å². The van der Waals surface area contributed by atoms with Crippen LogP contribution < -0.4 is 9.47 Å². The van der Waals surface area contributed by atoms with Crippen LogP contribution in [0.2, 0.25) is 0 Å². The van der Waals surface area contributed by atoms with Gasteiger partial charge in [-0.15, -0.1) is 0 Å². The lowest BCUT2D eigenvalue weighted by Crippen LogP contribution is -2.25. The van der Waals surface area contributed by atoms with Gasteiger partial charge in [-0.2, -0.15) is 0 Å². The highest BCUT2D eigenvalue weighted by atomic mass is 32.2. The number of esters is 1. The zero-order valence-corrected chi connectivity index (χ0v) is 15.7. The molecule has 0 aromatic heterocycles. The van der Waals surface area contributed by atoms with Crippen LogP contribution >= 0.6 is 0 Å². The number of rotatable bonds is 4. The van der Waals surface area contributed by atoms with Gasteiger partial charge in [0.05, 0.1) is 0 Å². The maximum Gasteiger partial charge on any atom is 0.308 e. The molecular formula is C20H22O4S. The number of ether oxygens (including phenoxy) is 2. The van der Waals surface area contributed by atoms with E-state index >= 15 is 0 Å². The average molecular weight is 358 g/mol. The largest absolute Gasteiger partial charge is 0.611 e. The standard InChI is InChI=1S/C20H22O4S/c1-12-13(2)20-18(14(3)19(12)23-15(4)21)10-16(24-20)11-25(22)17-8-6-5-7-9-17/h5-9,16H,10-11H2,1-4H3. The number of hydrogen-bond acceptors (Lipinski definition) is 4. The fraction of sp³-hybridized carbons (Fsp3) is 0.350. The van der Waals surface area contributed by atoms with Crippen LogP contribution in [-0.2, 0) is 22.4 Å². The lowest BCUT2D eigenvalue weighted by atomic mass is 9.96. The Bertz CT molecular complexity index is 801. The van der Waals surface area contributed by atoms with Crippen molar-refractivity contribution in [3.8, 4) is 11.5 Å². The van der Waals surface area contributed by atoms with Crippen LogP contribution in [0.4, 0.5) is 0 Å². The van der Waals surface area contributed by atoms with E-state index in [4.69, 9.17) is 9.47 Å². The van der Waals surface area contributed by atoms with Crippen molar-refractivity contribution in [2.45, 2.75) is 45.1 Å². The predicted octanol–water partition coefficient (Wildman–Crippen LogP) is 3.65. The van der Waals surface area contributed by atoms with Gasteiger partial charge >= 0.3 is 5.97 Å². The van der Waals surface area contributed by atoms with Crippen LogP contribution in [0, 0.1) is 20.8 Å². The molecule has 1 aliphatic heterocycles. The number of carbonyl (C=O) groups excluding carboxylic acids is 1. The molecule has 0 amide bonds. The summed E-state index contributed by atoms with van der Waals surface area (Å²) in [6, 6.07) is 9.44. The SMILES string of the molecule is CC(=O)Oc1c(C)c(C)c2c(c1C)CC(C[S+]([O-])c1ccccc1)O2. The molecule has 132 valence electrons. The van der Waals surface area contributed by atoms with Gasteiger partial charge in [-0.25, -0.2) is 0 Å². The molecule has 2 unspecified atom stereocenters. The number of fused-ring (bicyclic) bond motifs is 1. The fourth-order valence-electron chi connectivity index (χ4n) is 3.22. The summed E-state index contributed by atoms with van der Waals surface area (Å²) in [4.78, 5) is 12.2. The number of benzene rings is 2. The quantitative estimate of drug-likeness (QED) is 0.476. The minimum atomic E-state index is -1.10. The van der Waals surface area contributed by atoms with E-state index in [1.165, 1.54) is 6.92 Å². The fourth-order valence-corrected chi connectivity index (χ4v) is 4.40. The minimum absolute atomic E-state index is 0.139. The van der Waals surface area contributed by atoms with Gasteiger partial charge in [0.2, 0.25) is 0 Å². The highest BCUT2D eigenvalue weighted by Crippen LogP contribution is 2.42. The minimum Gasteiger partial charge on any atom is -0.611 e. The topological polar surface area (TPSA) is 58.6 Å². The maximum atomic E-state index is 12.6. The Morgan fingerprint density at radius 1 is 1.20 bits per heavy atom. The lowest BCUT2D eigenvalue weighted by molar-refractivity contribution is -0.131. The first-order valence-corrected chi connectivity index (χ1v) is 9.61. The third-order valence-corrected chi connectivity index (χ3v) is 6.09. The summed E-state index contributed by atoms with van der Waals surface area (Å²) in [5, 5.41) is 0. The second-order valence-corrected chi connectivity index (χ2v) is 7.87. The summed E-state index contributed by atoms with van der Waals surface area (Å²) in [6.07, 6.45) is 0.537. The van der Waals surface area contributed by atoms with Crippen molar-refractivity contribution in [2.75, 3.05) is 5.75 Å². The zero-order valence-electron chi connectivity index (χ0n) is 14.9. The summed E-state index contributed by atoms with van der Waals surface area (Å²) in [7, 11) is 0. The van der Waals surface area contributed by atoms with E-state index in [2.05, 4.69) is 0 Å². The normalized spacial score (nSPS) is 16.9. The average Bonchev–Trinajstić information content (AvgIpc) is 3.01. The summed E-state index contributed by atoms with van der Waals surface area (Å²) < 4.78 is 24.1. The van der Waals surface area contributed by atoms with Crippen molar-refractivity contribution < 1.29 is 18.8 Å². The first kappa shape index (κ1) is 17.8. The molecule has 0 spiro atoms. The Kier molecular flexibility index (Phi) is 5.06. The van der Waals surface area contributed by atoms with Crippen molar-refractivity contribution in [1.29, 1.82) is 0 Å². The van der Waals surface area contributed by atoms with E-state index in [0.717, 1.165) is 32.9 Å². The number of carbonyl (C=O) groups is 1. The Morgan fingerprint density at radius 3 is 2.52 bits per heavy atom. The number of hydrogen-bond donors (Lipinski definition) is 0. The molecule has 4 nitrogen and oxygen atoms in total. The summed E-state index contributed by atoms with van der Waals surface area (Å²) in [6.45, 7) is 7.25. The van der Waals surface area contributed by atoms with E-state index in [-0.39, 0.29) is 12.1 Å². The Morgan fingerprint density at radius 2 is 1.88 bits per heavy atom. The first-order chi connectivity index (χ1) is 11.9. The van der Waals surface area contributed by atoms with Crippen LogP contribution in [0.1, 0.15) is 29.2 Å². The summed E-state index contributed by atoms with van der Waals surface area (Å²) in [5.41, 5.74) is 3.87. The Balaban J connectivity index is 1.84. The van der Waals surface area contributed by atoms with Gasteiger partial charge in [0.1, 0.15) is 23.4 Å². The van der Waals surface area contributed by atoms with Gasteiger partial charge in [0, 0.05) is 18.9 Å². The molecule has 25 heavy (non-hydrogen) atoms. The van der Waals surface area contributed by atoms with Gasteiger partial charge < -0.3 is 14.0 Å². The third-order valence-electron chi connectivity index (χ3n) is 4.62. The Hall–Kier alpha value is -1.98. The van der Waals surface area contributed by atoms with Crippen LogP contribution in [-0.4, -0.2) is 22.4 Å². The van der Waals surface area contributed by atoms with Gasteiger partial charge in [-0.3, -0.25) is 4.79 Å². The molecule has 0 N–H and O–H groups in total. The molecule has 2 atom stereocenters. The highest BCUT2D eigenvalue weighted by Gasteiger charge is 2.33. The van der Waals surface area contributed by atoms with Crippen LogP contribution in [0.5, 0.6) is 11.5 Å². The van der Waals surface area contributed by atoms with Crippen molar-refractivity contribution in [3.05, 3.63) is 52.6 Å². The molecule has 0 saturated heterocycles. The van der Waals surface area contributed by atoms with E-state index in [1.807, 2.05) is 51.1 Å². The molecule has 0 saturated carbocycles. The molecule has 1 heterocycles. The lowest BCUT2D eigenvalue weighted by Gasteiger charge is -2.17. The smallest absolute Gasteiger partial charge is 0.308 e. The van der Waals surface area contributed by atoms with E-state index in [0.29, 0.717) is 17.9 Å². The molecule has 0 bridgehead atoms. The van der Waals surface area contributed by atoms with Gasteiger partial charge in [0.15, 0.2) is 4.90 Å². The van der Waals surface area contributed by atoms with Crippen LogP contribution in [0.25, 0.3) is 0 Å². The zero-order chi connectivity index (χ0) is 18.1. The molecule has 1 aliphatic rings. The highest BCUT2D eigenvalue weighted by molar-refractivity contribution is 7.91. The van der Waals surface area contributed by atoms with E-state index in [1.54, 1.807) is 0 Å². The van der Waals surface area contributed by atoms with Crippen LogP contribution in [0.3, 0.4) is 0 Å². The second-order valence-electron chi connectivity index (χ2n) is 6.37. The molecule has 0 aliphatic carbocycles. The first-order valence-electron chi connectivity index (χ1n) is 8.29. The van der Waals surface area contributed by atoms with Gasteiger partial charge in [-0.1, -0.05) is 18.2 Å². The summed E-state index contributed by atoms with van der Waals surface area (Å²) >= 11 is -1.10. The molecule has 2 aromatic rings. The van der Waals surface area contributed by atoms with E-state index in [9.17, 15) is 9.35 Å². The maximum absolute atomic E-state index is 12.6. The third kappa shape index (κ3) is 3.53. The molecule has 5 heteroatoms. The van der Waals surface area contributed by atoms with Crippen molar-refractivity contribution in [3.63, 3.8) is 0 Å². The molecule has 2 aromatic carbocycles. The van der Waals surface area contributed by atoms with Crippen molar-refractivity contribution in [2.24, 2.45) is 0 Å². The van der Waals surface area contributed by atoms with Crippen molar-refractivity contribution >= 4 is 17.1 Å². The van der Waals surface area contributed by atoms with E-state index < -0.39 is 11.2 Å². The Labute approximate surface area is 151 Å². The molecule has 0 fully saturated rings. The van der Waals surface area contributed by atoms with Gasteiger partial charge in [0.25, 0.3) is 0 Å². The molecule has 3 rings (SSSR count). The van der Waals surface area contributed by atoms with Crippen molar-refractivity contribution in [1.82, 2.24) is 0 Å². The molecule has 0 radical (unpaired) electrons. The monoisotopic (exact) mass is 358 g/mol. The summed E-state index contributed by atoms with van der Waals surface area (Å²) in [5.74, 6) is 1.59. The second kappa shape index (κ2) is 7.10. The molecular weight excluding hydrogens is 336 g/mol. The predicted molar refractivity (Wildman–Crippen MR) is 97.8 cm³/mol.